The molecule has 0 rings (SSSR count). The highest BCUT2D eigenvalue weighted by molar-refractivity contribution is 7.80. The average Bonchev–Trinajstić information content (AvgIpc) is 1.84. The molecule has 68 valence electrons. The van der Waals surface area contributed by atoms with E-state index in [0.717, 1.165) is 0 Å². The number of aliphatic hydroxyl groups excluding tert-OH is 1. The molecule has 11 heavy (non-hydrogen) atoms. The van der Waals surface area contributed by atoms with E-state index in [1.54, 1.807) is 0 Å². The molecule has 0 unspecified atom stereocenters. The van der Waals surface area contributed by atoms with E-state index in [1.165, 1.54) is 0 Å². The fourth-order valence-corrected chi connectivity index (χ4v) is 0.428. The van der Waals surface area contributed by atoms with E-state index in [-0.39, 0.29) is 0 Å². The van der Waals surface area contributed by atoms with Crippen LogP contribution in [0.25, 0.3) is 0 Å². The Labute approximate surface area is 66.5 Å². The van der Waals surface area contributed by atoms with Crippen molar-refractivity contribution >= 4 is 22.0 Å². The molecule has 0 aliphatic rings. The molecule has 0 atom stereocenters. The summed E-state index contributed by atoms with van der Waals surface area (Å²) >= 11 is -0.750. The zero-order valence-electron chi connectivity index (χ0n) is 5.17. The first kappa shape index (κ1) is 13.3. The lowest BCUT2D eigenvalue weighted by molar-refractivity contribution is 0.188. The molecule has 0 fully saturated rings. The zero-order valence-corrected chi connectivity index (χ0v) is 6.80. The van der Waals surface area contributed by atoms with E-state index in [0.29, 0.717) is 0 Å². The maximum absolute atomic E-state index is 9.61. The second-order valence-corrected chi connectivity index (χ2v) is 2.27. The number of hydrogen-bond donors (Lipinski definition) is 2. The Hall–Kier alpha value is -0.350. The third-order valence-electron chi connectivity index (χ3n) is 0.324. The van der Waals surface area contributed by atoms with E-state index in [1.807, 2.05) is 0 Å². The Balaban J connectivity index is 0. The van der Waals surface area contributed by atoms with E-state index < -0.39 is 35.2 Å². The molecule has 0 aromatic heterocycles. The zero-order chi connectivity index (χ0) is 9.33. The van der Waals surface area contributed by atoms with Gasteiger partial charge in [0.25, 0.3) is 0 Å². The van der Waals surface area contributed by atoms with Crippen LogP contribution in [0.1, 0.15) is 0 Å². The standard InChI is InChI=1S/C2H6O5S.O2S/c3-1-2-7-8(4,5)6;1-3-2/h3H,1-2H2,(H,4,5,6);. The van der Waals surface area contributed by atoms with Crippen LogP contribution in [0.3, 0.4) is 0 Å². The van der Waals surface area contributed by atoms with E-state index in [4.69, 9.17) is 18.1 Å². The van der Waals surface area contributed by atoms with Crippen LogP contribution in [-0.4, -0.2) is 39.7 Å². The van der Waals surface area contributed by atoms with Gasteiger partial charge in [-0.05, 0) is 0 Å². The molecule has 2 N–H and O–H groups in total. The van der Waals surface area contributed by atoms with Gasteiger partial charge in [-0.25, -0.2) is 4.18 Å². The van der Waals surface area contributed by atoms with Gasteiger partial charge < -0.3 is 5.11 Å². The Morgan fingerprint density at radius 1 is 1.36 bits per heavy atom. The summed E-state index contributed by atoms with van der Waals surface area (Å²) in [6.45, 7) is -0.835. The quantitative estimate of drug-likeness (QED) is 0.519. The van der Waals surface area contributed by atoms with Crippen molar-refractivity contribution in [2.75, 3.05) is 13.2 Å². The molecule has 0 aromatic carbocycles. The summed E-state index contributed by atoms with van der Waals surface area (Å²) in [6.07, 6.45) is 0. The Morgan fingerprint density at radius 2 is 1.73 bits per heavy atom. The molecule has 7 nitrogen and oxygen atoms in total. The van der Waals surface area contributed by atoms with Crippen LogP contribution in [0.4, 0.5) is 0 Å². The molecular weight excluding hydrogens is 200 g/mol. The molecule has 0 aliphatic carbocycles. The first-order valence-electron chi connectivity index (χ1n) is 2.12. The minimum atomic E-state index is -4.35. The highest BCUT2D eigenvalue weighted by Gasteiger charge is 2.00. The largest absolute Gasteiger partial charge is 0.397 e. The van der Waals surface area contributed by atoms with Gasteiger partial charge in [-0.2, -0.15) is 16.8 Å². The maximum Gasteiger partial charge on any atom is 0.397 e. The summed E-state index contributed by atoms with van der Waals surface area (Å²) in [5, 5.41) is 7.93. The summed E-state index contributed by atoms with van der Waals surface area (Å²) in [6, 6.07) is 0. The lowest BCUT2D eigenvalue weighted by atomic mass is 10.8. The summed E-state index contributed by atoms with van der Waals surface area (Å²) in [7, 11) is -4.35. The van der Waals surface area contributed by atoms with Crippen LogP contribution in [0.2, 0.25) is 0 Å². The van der Waals surface area contributed by atoms with Crippen molar-refractivity contribution in [1.29, 1.82) is 0 Å². The minimum absolute atomic E-state index is 0.404. The van der Waals surface area contributed by atoms with Crippen molar-refractivity contribution in [1.82, 2.24) is 0 Å². The molecule has 0 bridgehead atoms. The van der Waals surface area contributed by atoms with Crippen LogP contribution in [-0.2, 0) is 26.2 Å². The molecular formula is C2H6O7S2. The van der Waals surface area contributed by atoms with Gasteiger partial charge in [0.15, 0.2) is 0 Å². The van der Waals surface area contributed by atoms with Crippen molar-refractivity contribution in [2.45, 2.75) is 0 Å². The highest BCUT2D eigenvalue weighted by Crippen LogP contribution is 1.81. The van der Waals surface area contributed by atoms with Gasteiger partial charge in [0.1, 0.15) is 0 Å². The maximum atomic E-state index is 9.61. The molecule has 0 aliphatic heterocycles. The van der Waals surface area contributed by atoms with Crippen molar-refractivity contribution in [3.63, 3.8) is 0 Å². The Kier molecular flexibility index (Phi) is 9.34. The third kappa shape index (κ3) is 26.1. The smallest absolute Gasteiger partial charge is 0.394 e. The number of rotatable bonds is 3. The predicted octanol–water partition coefficient (Wildman–Crippen LogP) is -1.87. The second kappa shape index (κ2) is 7.75. The van der Waals surface area contributed by atoms with E-state index >= 15 is 0 Å². The van der Waals surface area contributed by atoms with Gasteiger partial charge >= 0.3 is 22.0 Å². The van der Waals surface area contributed by atoms with Crippen LogP contribution in [0, 0.1) is 0 Å². The lowest BCUT2D eigenvalue weighted by Crippen LogP contribution is -2.06. The molecule has 0 saturated carbocycles. The van der Waals surface area contributed by atoms with Crippen LogP contribution in [0.15, 0.2) is 0 Å². The fourth-order valence-electron chi connectivity index (χ4n) is 0.143. The van der Waals surface area contributed by atoms with Crippen LogP contribution in [0.5, 0.6) is 0 Å². The van der Waals surface area contributed by atoms with Crippen LogP contribution < -0.4 is 0 Å². The van der Waals surface area contributed by atoms with Gasteiger partial charge in [-0.15, -0.1) is 0 Å². The molecule has 0 amide bonds. The second-order valence-electron chi connectivity index (χ2n) is 1.04. The van der Waals surface area contributed by atoms with Crippen molar-refractivity contribution in [2.24, 2.45) is 0 Å². The molecule has 0 spiro atoms. The normalized spacial score (nSPS) is 9.64. The summed E-state index contributed by atoms with van der Waals surface area (Å²) in [5.41, 5.74) is 0. The van der Waals surface area contributed by atoms with Crippen LogP contribution >= 0.6 is 0 Å². The van der Waals surface area contributed by atoms with Gasteiger partial charge in [0, 0.05) is 0 Å². The molecule has 9 heteroatoms. The predicted molar refractivity (Wildman–Crippen MR) is 33.5 cm³/mol. The monoisotopic (exact) mass is 206 g/mol. The highest BCUT2D eigenvalue weighted by atomic mass is 32.3. The first-order chi connectivity index (χ1) is 4.97. The minimum Gasteiger partial charge on any atom is -0.394 e. The van der Waals surface area contributed by atoms with E-state index in [2.05, 4.69) is 4.18 Å². The van der Waals surface area contributed by atoms with Crippen molar-refractivity contribution in [3.8, 4) is 0 Å². The molecule has 0 heterocycles. The molecule has 0 aromatic rings. The topological polar surface area (TPSA) is 118 Å². The lowest BCUT2D eigenvalue weighted by Gasteiger charge is -1.92. The van der Waals surface area contributed by atoms with E-state index in [9.17, 15) is 8.42 Å². The summed E-state index contributed by atoms with van der Waals surface area (Å²) < 4.78 is 47.3. The van der Waals surface area contributed by atoms with Crippen molar-refractivity contribution < 1.29 is 30.7 Å². The van der Waals surface area contributed by atoms with Gasteiger partial charge in [0.2, 0.25) is 0 Å². The third-order valence-corrected chi connectivity index (χ3v) is 0.788. The Morgan fingerprint density at radius 3 is 1.82 bits per heavy atom. The first-order valence-corrected chi connectivity index (χ1v) is 4.15. The number of aliphatic hydroxyl groups is 1. The SMILES string of the molecule is O=S(=O)(O)OCCO.O=S=O. The average molecular weight is 206 g/mol. The number of hydrogen-bond acceptors (Lipinski definition) is 6. The Bertz CT molecular complexity index is 198. The fraction of sp³-hybridized carbons (Fsp3) is 1.00. The summed E-state index contributed by atoms with van der Waals surface area (Å²) in [4.78, 5) is 0. The summed E-state index contributed by atoms with van der Waals surface area (Å²) in [5.74, 6) is 0. The van der Waals surface area contributed by atoms with Crippen molar-refractivity contribution in [3.05, 3.63) is 0 Å². The van der Waals surface area contributed by atoms with Gasteiger partial charge in [-0.3, -0.25) is 4.55 Å². The van der Waals surface area contributed by atoms with Gasteiger partial charge in [-0.1, -0.05) is 0 Å². The van der Waals surface area contributed by atoms with Gasteiger partial charge in [0.05, 0.1) is 13.2 Å². The molecule has 0 radical (unpaired) electrons. The molecule has 0 saturated heterocycles.